The average Bonchev–Trinajstić information content (AvgIpc) is 2.27. The Morgan fingerprint density at radius 3 is 1.56 bits per heavy atom. The number of benzene rings is 2. The van der Waals surface area contributed by atoms with Gasteiger partial charge in [0.05, 0.1) is 18.8 Å². The number of hydrogen-bond donors (Lipinski definition) is 0. The van der Waals surface area contributed by atoms with Crippen LogP contribution in [-0.2, 0) is 0 Å². The molecule has 2 aromatic rings. The van der Waals surface area contributed by atoms with Gasteiger partial charge in [-0.1, -0.05) is 12.1 Å². The van der Waals surface area contributed by atoms with Crippen LogP contribution in [0, 0.1) is 20.2 Å². The van der Waals surface area contributed by atoms with Crippen LogP contribution in [0.1, 0.15) is 0 Å². The second-order valence-corrected chi connectivity index (χ2v) is 5.11. The number of nitro benzene ring substituents is 2. The standard InChI is InChI=1S/C10H4Br2N2O4/c11-6-3-1-5-2-4-7(12)10(14(17)18)8(5)9(6)13(15)16/h1-4H. The van der Waals surface area contributed by atoms with Gasteiger partial charge < -0.3 is 0 Å². The zero-order chi connectivity index (χ0) is 13.4. The highest BCUT2D eigenvalue weighted by Gasteiger charge is 2.27. The van der Waals surface area contributed by atoms with Gasteiger partial charge in [0.25, 0.3) is 11.4 Å². The molecule has 0 aromatic heterocycles. The predicted octanol–water partition coefficient (Wildman–Crippen LogP) is 4.18. The van der Waals surface area contributed by atoms with Crippen LogP contribution in [-0.4, -0.2) is 9.85 Å². The summed E-state index contributed by atoms with van der Waals surface area (Å²) in [4.78, 5) is 20.9. The predicted molar refractivity (Wildman–Crippen MR) is 72.7 cm³/mol. The first-order valence-electron chi connectivity index (χ1n) is 4.63. The zero-order valence-electron chi connectivity index (χ0n) is 8.59. The molecule has 0 aliphatic heterocycles. The van der Waals surface area contributed by atoms with E-state index in [4.69, 9.17) is 0 Å². The van der Waals surface area contributed by atoms with E-state index in [1.807, 2.05) is 0 Å². The fraction of sp³-hybridized carbons (Fsp3) is 0. The van der Waals surface area contributed by atoms with Crippen LogP contribution in [0.4, 0.5) is 11.4 Å². The van der Waals surface area contributed by atoms with Gasteiger partial charge in [0.15, 0.2) is 0 Å². The lowest BCUT2D eigenvalue weighted by Gasteiger charge is -2.04. The molecule has 0 heterocycles. The molecular weight excluding hydrogens is 372 g/mol. The highest BCUT2D eigenvalue weighted by atomic mass is 79.9. The van der Waals surface area contributed by atoms with E-state index in [9.17, 15) is 20.2 Å². The van der Waals surface area contributed by atoms with Crippen molar-refractivity contribution >= 4 is 54.0 Å². The van der Waals surface area contributed by atoms with Crippen LogP contribution in [0.3, 0.4) is 0 Å². The van der Waals surface area contributed by atoms with Crippen molar-refractivity contribution in [1.82, 2.24) is 0 Å². The zero-order valence-corrected chi connectivity index (χ0v) is 11.8. The first kappa shape index (κ1) is 12.9. The molecule has 0 atom stereocenters. The molecule has 6 nitrogen and oxygen atoms in total. The molecule has 2 aromatic carbocycles. The van der Waals surface area contributed by atoms with Crippen LogP contribution < -0.4 is 0 Å². The van der Waals surface area contributed by atoms with Crippen LogP contribution >= 0.6 is 31.9 Å². The molecule has 92 valence electrons. The maximum absolute atomic E-state index is 11.1. The number of rotatable bonds is 2. The first-order valence-corrected chi connectivity index (χ1v) is 6.21. The number of nitrogens with zero attached hydrogens (tertiary/aromatic N) is 2. The van der Waals surface area contributed by atoms with E-state index >= 15 is 0 Å². The van der Waals surface area contributed by atoms with E-state index in [2.05, 4.69) is 31.9 Å². The lowest BCUT2D eigenvalue weighted by molar-refractivity contribution is -0.391. The summed E-state index contributed by atoms with van der Waals surface area (Å²) in [6.45, 7) is 0. The molecule has 0 fully saturated rings. The van der Waals surface area contributed by atoms with E-state index in [0.717, 1.165) is 0 Å². The molecule has 8 heteroatoms. The highest BCUT2D eigenvalue weighted by molar-refractivity contribution is 9.11. The maximum atomic E-state index is 11.1. The summed E-state index contributed by atoms with van der Waals surface area (Å²) in [5, 5.41) is 22.6. The van der Waals surface area contributed by atoms with Crippen molar-refractivity contribution in [1.29, 1.82) is 0 Å². The number of nitro groups is 2. The summed E-state index contributed by atoms with van der Waals surface area (Å²) in [6.07, 6.45) is 0. The van der Waals surface area contributed by atoms with Crippen molar-refractivity contribution in [2.75, 3.05) is 0 Å². The first-order chi connectivity index (χ1) is 8.43. The Labute approximate surface area is 117 Å². The number of fused-ring (bicyclic) bond motifs is 1. The number of halogens is 2. The Hall–Kier alpha value is -1.54. The average molecular weight is 376 g/mol. The van der Waals surface area contributed by atoms with Crippen molar-refractivity contribution in [3.8, 4) is 0 Å². The fourth-order valence-corrected chi connectivity index (χ4v) is 2.64. The van der Waals surface area contributed by atoms with Gasteiger partial charge >= 0.3 is 0 Å². The summed E-state index contributed by atoms with van der Waals surface area (Å²) >= 11 is 6.09. The molecule has 0 bridgehead atoms. The highest BCUT2D eigenvalue weighted by Crippen LogP contribution is 2.42. The minimum Gasteiger partial charge on any atom is -0.258 e. The van der Waals surface area contributed by atoms with E-state index in [0.29, 0.717) is 5.39 Å². The van der Waals surface area contributed by atoms with E-state index < -0.39 is 9.85 Å². The Balaban J connectivity index is 3.06. The molecule has 0 saturated carbocycles. The van der Waals surface area contributed by atoms with E-state index in [1.165, 1.54) is 12.1 Å². The van der Waals surface area contributed by atoms with Gasteiger partial charge in [-0.15, -0.1) is 0 Å². The largest absolute Gasteiger partial charge is 0.298 e. The topological polar surface area (TPSA) is 86.3 Å². The molecule has 0 aliphatic rings. The van der Waals surface area contributed by atoms with E-state index in [1.54, 1.807) is 12.1 Å². The quantitative estimate of drug-likeness (QED) is 0.581. The molecule has 0 saturated heterocycles. The second-order valence-electron chi connectivity index (χ2n) is 3.40. The summed E-state index contributed by atoms with van der Waals surface area (Å²) in [7, 11) is 0. The van der Waals surface area contributed by atoms with Crippen molar-refractivity contribution in [3.63, 3.8) is 0 Å². The van der Waals surface area contributed by atoms with Crippen molar-refractivity contribution in [2.24, 2.45) is 0 Å². The van der Waals surface area contributed by atoms with Gasteiger partial charge in [-0.25, -0.2) is 0 Å². The van der Waals surface area contributed by atoms with Gasteiger partial charge in [0, 0.05) is 0 Å². The smallest absolute Gasteiger partial charge is 0.258 e. The monoisotopic (exact) mass is 374 g/mol. The van der Waals surface area contributed by atoms with Gasteiger partial charge in [-0.3, -0.25) is 20.2 Å². The van der Waals surface area contributed by atoms with Gasteiger partial charge in [-0.05, 0) is 49.4 Å². The second kappa shape index (κ2) is 4.62. The molecule has 0 N–H and O–H groups in total. The Kier molecular flexibility index (Phi) is 3.31. The van der Waals surface area contributed by atoms with Crippen LogP contribution in [0.25, 0.3) is 10.8 Å². The molecule has 0 radical (unpaired) electrons. The van der Waals surface area contributed by atoms with Gasteiger partial charge in [0.1, 0.15) is 5.39 Å². The molecule has 0 amide bonds. The van der Waals surface area contributed by atoms with Crippen molar-refractivity contribution in [2.45, 2.75) is 0 Å². The molecule has 2 rings (SSSR count). The molecule has 0 spiro atoms. The normalized spacial score (nSPS) is 10.6. The van der Waals surface area contributed by atoms with E-state index in [-0.39, 0.29) is 25.7 Å². The summed E-state index contributed by atoms with van der Waals surface area (Å²) in [6, 6.07) is 6.17. The van der Waals surface area contributed by atoms with Crippen LogP contribution in [0.5, 0.6) is 0 Å². The lowest BCUT2D eigenvalue weighted by atomic mass is 10.1. The van der Waals surface area contributed by atoms with Crippen LogP contribution in [0.2, 0.25) is 0 Å². The Morgan fingerprint density at radius 1 is 0.833 bits per heavy atom. The SMILES string of the molecule is O=[N+]([O-])c1c(Br)ccc2ccc(Br)c([N+](=O)[O-])c12. The Bertz CT molecular complexity index is 632. The van der Waals surface area contributed by atoms with Gasteiger partial charge in [0.2, 0.25) is 0 Å². The third-order valence-electron chi connectivity index (χ3n) is 2.40. The third kappa shape index (κ3) is 1.97. The van der Waals surface area contributed by atoms with Crippen LogP contribution in [0.15, 0.2) is 33.2 Å². The third-order valence-corrected chi connectivity index (χ3v) is 3.68. The fourth-order valence-electron chi connectivity index (χ4n) is 1.69. The maximum Gasteiger partial charge on any atom is 0.298 e. The molecule has 0 unspecified atom stereocenters. The minimum absolute atomic E-state index is 0.00810. The number of hydrogen-bond acceptors (Lipinski definition) is 4. The molecular formula is C10H4Br2N2O4. The minimum atomic E-state index is -0.633. The Morgan fingerprint density at radius 2 is 1.22 bits per heavy atom. The summed E-state index contributed by atoms with van der Waals surface area (Å²) < 4.78 is 0.419. The van der Waals surface area contributed by atoms with Crippen molar-refractivity contribution in [3.05, 3.63) is 53.4 Å². The summed E-state index contributed by atoms with van der Waals surface area (Å²) in [5.74, 6) is 0. The van der Waals surface area contributed by atoms with Gasteiger partial charge in [-0.2, -0.15) is 0 Å². The summed E-state index contributed by atoms with van der Waals surface area (Å²) in [5.41, 5.74) is -0.610. The molecule has 18 heavy (non-hydrogen) atoms. The molecule has 0 aliphatic carbocycles. The lowest BCUT2D eigenvalue weighted by Crippen LogP contribution is -1.96. The van der Waals surface area contributed by atoms with Crippen molar-refractivity contribution < 1.29 is 9.85 Å².